The van der Waals surface area contributed by atoms with E-state index in [4.69, 9.17) is 28.7 Å². The third-order valence-electron chi connectivity index (χ3n) is 7.59. The molecule has 44 heavy (non-hydrogen) atoms. The number of rotatable bonds is 13. The van der Waals surface area contributed by atoms with Crippen LogP contribution in [0.4, 0.5) is 0 Å². The van der Waals surface area contributed by atoms with Gasteiger partial charge in [0.25, 0.3) is 0 Å². The lowest BCUT2D eigenvalue weighted by Gasteiger charge is -2.24. The smallest absolute Gasteiger partial charge is 0.330 e. The highest BCUT2D eigenvalue weighted by atomic mass is 16.7. The number of carbonyl (C=O) groups is 1. The number of aromatic nitrogens is 2. The Morgan fingerprint density at radius 1 is 0.864 bits per heavy atom. The Morgan fingerprint density at radius 2 is 1.50 bits per heavy atom. The fourth-order valence-electron chi connectivity index (χ4n) is 5.48. The molecule has 0 radical (unpaired) electrons. The summed E-state index contributed by atoms with van der Waals surface area (Å²) in [7, 11) is 0. The maximum atomic E-state index is 12.4. The lowest BCUT2D eigenvalue weighted by atomic mass is 10.1. The van der Waals surface area contributed by atoms with E-state index in [1.165, 1.54) is 6.08 Å². The number of fused-ring (bicyclic) bond motifs is 2. The first kappa shape index (κ1) is 29.3. The monoisotopic (exact) mass is 595 g/mol. The molecule has 0 fully saturated rings. The zero-order valence-corrected chi connectivity index (χ0v) is 25.2. The van der Waals surface area contributed by atoms with Crippen LogP contribution in [-0.4, -0.2) is 40.6 Å². The number of hydrogen-bond acceptors (Lipinski definition) is 8. The number of unbranched alkanes of at least 4 members (excludes halogenated alkanes) is 1. The summed E-state index contributed by atoms with van der Waals surface area (Å²) < 4.78 is 29.9. The highest BCUT2D eigenvalue weighted by Gasteiger charge is 2.22. The molecule has 3 heterocycles. The van der Waals surface area contributed by atoms with Crippen molar-refractivity contribution in [2.24, 2.45) is 0 Å². The fourth-order valence-corrected chi connectivity index (χ4v) is 5.48. The van der Waals surface area contributed by atoms with Crippen molar-refractivity contribution in [1.29, 1.82) is 0 Å². The van der Waals surface area contributed by atoms with Gasteiger partial charge >= 0.3 is 5.97 Å². The summed E-state index contributed by atoms with van der Waals surface area (Å²) in [6.07, 6.45) is 5.28. The van der Waals surface area contributed by atoms with E-state index in [-0.39, 0.29) is 19.6 Å². The molecule has 0 bridgehead atoms. The molecule has 0 amide bonds. The third-order valence-corrected chi connectivity index (χ3v) is 7.59. The predicted molar refractivity (Wildman–Crippen MR) is 166 cm³/mol. The Labute approximate surface area is 257 Å². The molecule has 2 aliphatic rings. The van der Waals surface area contributed by atoms with Crippen LogP contribution in [0.15, 0.2) is 72.8 Å². The van der Waals surface area contributed by atoms with Gasteiger partial charge in [0, 0.05) is 37.8 Å². The van der Waals surface area contributed by atoms with E-state index in [1.54, 1.807) is 13.0 Å². The van der Waals surface area contributed by atoms with Gasteiger partial charge in [0.1, 0.15) is 5.82 Å². The molecule has 3 aromatic carbocycles. The molecule has 0 aliphatic carbocycles. The van der Waals surface area contributed by atoms with Gasteiger partial charge < -0.3 is 28.3 Å². The second-order valence-electron chi connectivity index (χ2n) is 10.7. The van der Waals surface area contributed by atoms with E-state index in [9.17, 15) is 4.79 Å². The van der Waals surface area contributed by atoms with Gasteiger partial charge in [-0.25, -0.2) is 9.78 Å². The van der Waals surface area contributed by atoms with Gasteiger partial charge in [0.2, 0.25) is 13.6 Å². The number of carbonyl (C=O) groups excluding carboxylic acids is 1. The topological polar surface area (TPSA) is 84.3 Å². The van der Waals surface area contributed by atoms with Gasteiger partial charge in [-0.15, -0.1) is 0 Å². The molecule has 9 nitrogen and oxygen atoms in total. The van der Waals surface area contributed by atoms with Crippen LogP contribution in [0.2, 0.25) is 0 Å². The maximum Gasteiger partial charge on any atom is 0.330 e. The van der Waals surface area contributed by atoms with Crippen molar-refractivity contribution < 1.29 is 28.5 Å². The van der Waals surface area contributed by atoms with Crippen molar-refractivity contribution >= 4 is 12.0 Å². The van der Waals surface area contributed by atoms with Crippen LogP contribution in [-0.2, 0) is 35.7 Å². The molecule has 2 aliphatic heterocycles. The number of esters is 1. The normalized spacial score (nSPS) is 13.2. The molecule has 4 aromatic rings. The predicted octanol–water partition coefficient (Wildman–Crippen LogP) is 6.59. The molecule has 1 aromatic heterocycles. The van der Waals surface area contributed by atoms with Crippen LogP contribution in [0.25, 0.3) is 17.5 Å². The van der Waals surface area contributed by atoms with Gasteiger partial charge in [-0.05, 0) is 54.8 Å². The van der Waals surface area contributed by atoms with Crippen LogP contribution in [0.3, 0.4) is 0 Å². The van der Waals surface area contributed by atoms with Crippen molar-refractivity contribution in [1.82, 2.24) is 14.5 Å². The Bertz CT molecular complexity index is 1570. The van der Waals surface area contributed by atoms with Crippen molar-refractivity contribution in [2.45, 2.75) is 52.9 Å². The van der Waals surface area contributed by atoms with Crippen molar-refractivity contribution in [3.63, 3.8) is 0 Å². The number of imidazole rings is 1. The molecule has 9 heteroatoms. The first-order valence-corrected chi connectivity index (χ1v) is 15.1. The SMILES string of the molecule is CCCCn1c(-c2ccccc2)nc(/C=C/C(=O)OCC)c1CN(Cc1ccc2c(c1)OCO2)Cc1ccc2c(c1)OCO2. The van der Waals surface area contributed by atoms with Crippen molar-refractivity contribution in [3.8, 4) is 34.4 Å². The van der Waals surface area contributed by atoms with E-state index in [0.29, 0.717) is 26.2 Å². The summed E-state index contributed by atoms with van der Waals surface area (Å²) in [5.74, 6) is 3.51. The summed E-state index contributed by atoms with van der Waals surface area (Å²) in [6, 6.07) is 22.4. The number of ether oxygens (including phenoxy) is 5. The van der Waals surface area contributed by atoms with Crippen LogP contribution < -0.4 is 18.9 Å². The van der Waals surface area contributed by atoms with Crippen LogP contribution in [0, 0.1) is 0 Å². The van der Waals surface area contributed by atoms with Crippen LogP contribution in [0.1, 0.15) is 49.2 Å². The number of hydrogen-bond donors (Lipinski definition) is 0. The van der Waals surface area contributed by atoms with E-state index in [0.717, 1.165) is 76.3 Å². The van der Waals surface area contributed by atoms with Gasteiger partial charge in [-0.1, -0.05) is 55.8 Å². The van der Waals surface area contributed by atoms with Gasteiger partial charge in [-0.3, -0.25) is 4.90 Å². The maximum absolute atomic E-state index is 12.4. The summed E-state index contributed by atoms with van der Waals surface area (Å²) in [5, 5.41) is 0. The molecule has 0 saturated carbocycles. The van der Waals surface area contributed by atoms with E-state index < -0.39 is 0 Å². The van der Waals surface area contributed by atoms with Crippen molar-refractivity contribution in [2.75, 3.05) is 20.2 Å². The highest BCUT2D eigenvalue weighted by Crippen LogP contribution is 2.35. The standard InChI is InChI=1S/C35H37N3O6/c1-3-5-17-38-29(28(13-16-34(39)40-4-2)36-35(38)27-9-7-6-8-10-27)22-37(20-25-11-14-30-32(18-25)43-23-41-30)21-26-12-15-31-33(19-26)44-24-42-31/h6-16,18-19H,3-5,17,20-24H2,1-2H3/b16-13+. The number of nitrogens with zero attached hydrogens (tertiary/aromatic N) is 3. The Morgan fingerprint density at radius 3 is 2.11 bits per heavy atom. The van der Waals surface area contributed by atoms with Crippen LogP contribution in [0.5, 0.6) is 23.0 Å². The fraction of sp³-hybridized carbons (Fsp3) is 0.314. The molecule has 0 N–H and O–H groups in total. The zero-order valence-electron chi connectivity index (χ0n) is 25.2. The Kier molecular flexibility index (Phi) is 9.12. The van der Waals surface area contributed by atoms with Crippen molar-refractivity contribution in [3.05, 3.63) is 95.3 Å². The summed E-state index contributed by atoms with van der Waals surface area (Å²) in [6.45, 7) is 7.43. The molecule has 0 atom stereocenters. The molecule has 228 valence electrons. The Balaban J connectivity index is 1.40. The van der Waals surface area contributed by atoms with E-state index in [2.05, 4.69) is 40.7 Å². The van der Waals surface area contributed by atoms with E-state index >= 15 is 0 Å². The first-order chi connectivity index (χ1) is 21.6. The van der Waals surface area contributed by atoms with E-state index in [1.807, 2.05) is 42.5 Å². The van der Waals surface area contributed by atoms with Gasteiger partial charge in [-0.2, -0.15) is 0 Å². The lowest BCUT2D eigenvalue weighted by molar-refractivity contribution is -0.137. The third kappa shape index (κ3) is 6.73. The minimum absolute atomic E-state index is 0.231. The average Bonchev–Trinajstić information content (AvgIpc) is 3.78. The largest absolute Gasteiger partial charge is 0.463 e. The molecule has 0 saturated heterocycles. The molecule has 6 rings (SSSR count). The first-order valence-electron chi connectivity index (χ1n) is 15.1. The highest BCUT2D eigenvalue weighted by molar-refractivity contribution is 5.87. The molecule has 0 unspecified atom stereocenters. The lowest BCUT2D eigenvalue weighted by Crippen LogP contribution is -2.24. The average molecular weight is 596 g/mol. The molecular weight excluding hydrogens is 558 g/mol. The minimum Gasteiger partial charge on any atom is -0.463 e. The second-order valence-corrected chi connectivity index (χ2v) is 10.7. The summed E-state index contributed by atoms with van der Waals surface area (Å²) >= 11 is 0. The summed E-state index contributed by atoms with van der Waals surface area (Å²) in [5.41, 5.74) is 5.00. The summed E-state index contributed by atoms with van der Waals surface area (Å²) in [4.78, 5) is 19.8. The molecular formula is C35H37N3O6. The number of benzene rings is 3. The zero-order chi connectivity index (χ0) is 30.3. The van der Waals surface area contributed by atoms with Gasteiger partial charge in [0.05, 0.1) is 18.0 Å². The molecule has 0 spiro atoms. The van der Waals surface area contributed by atoms with Gasteiger partial charge in [0.15, 0.2) is 23.0 Å². The minimum atomic E-state index is -0.389. The van der Waals surface area contributed by atoms with Crippen LogP contribution >= 0.6 is 0 Å². The Hall–Kier alpha value is -4.76. The quantitative estimate of drug-likeness (QED) is 0.127. The second kappa shape index (κ2) is 13.7.